The lowest BCUT2D eigenvalue weighted by Crippen LogP contribution is -2.22. The number of amides is 1. The van der Waals surface area contributed by atoms with Gasteiger partial charge in [0.2, 0.25) is 0 Å². The maximum Gasteiger partial charge on any atom is 0.251 e. The summed E-state index contributed by atoms with van der Waals surface area (Å²) in [5, 5.41) is 6.57. The minimum Gasteiger partial charge on any atom is -0.493 e. The van der Waals surface area contributed by atoms with Crippen LogP contribution in [0.5, 0.6) is 11.5 Å². The minimum absolute atomic E-state index is 0.216. The second kappa shape index (κ2) is 6.10. The molecule has 6 nitrogen and oxygen atoms in total. The average Bonchev–Trinajstić information content (AvgIpc) is 2.89. The van der Waals surface area contributed by atoms with Gasteiger partial charge in [-0.25, -0.2) is 0 Å². The number of aryl methyl sites for hydroxylation is 1. The van der Waals surface area contributed by atoms with E-state index in [-0.39, 0.29) is 5.91 Å². The van der Waals surface area contributed by atoms with Crippen molar-refractivity contribution in [3.8, 4) is 11.5 Å². The van der Waals surface area contributed by atoms with Crippen LogP contribution in [0.15, 0.2) is 28.8 Å². The second-order valence-electron chi connectivity index (χ2n) is 4.18. The number of ether oxygens (including phenoxy) is 2. The molecule has 0 saturated carbocycles. The van der Waals surface area contributed by atoms with Crippen LogP contribution in [0.3, 0.4) is 0 Å². The van der Waals surface area contributed by atoms with Crippen LogP contribution in [0.1, 0.15) is 21.8 Å². The van der Waals surface area contributed by atoms with Crippen molar-refractivity contribution in [3.63, 3.8) is 0 Å². The van der Waals surface area contributed by atoms with Crippen LogP contribution in [0.25, 0.3) is 0 Å². The van der Waals surface area contributed by atoms with Crippen LogP contribution in [0.2, 0.25) is 0 Å². The number of carbonyl (C=O) groups is 1. The van der Waals surface area contributed by atoms with E-state index in [1.54, 1.807) is 38.3 Å². The van der Waals surface area contributed by atoms with E-state index < -0.39 is 0 Å². The topological polar surface area (TPSA) is 73.6 Å². The molecule has 0 aliphatic heterocycles. The molecule has 1 amide bonds. The van der Waals surface area contributed by atoms with Gasteiger partial charge in [0.25, 0.3) is 5.91 Å². The van der Waals surface area contributed by atoms with Crippen LogP contribution in [-0.4, -0.2) is 25.3 Å². The standard InChI is InChI=1S/C14H16N2O4/c1-9-6-11(16-20-9)8-15-14(17)10-4-5-12(18-2)13(7-10)19-3/h4-7H,8H2,1-3H3,(H,15,17). The van der Waals surface area contributed by atoms with Crippen molar-refractivity contribution in [2.45, 2.75) is 13.5 Å². The number of aromatic nitrogens is 1. The maximum absolute atomic E-state index is 12.0. The Labute approximate surface area is 116 Å². The number of benzene rings is 1. The van der Waals surface area contributed by atoms with Gasteiger partial charge in [0.1, 0.15) is 11.5 Å². The third-order valence-electron chi connectivity index (χ3n) is 2.75. The van der Waals surface area contributed by atoms with E-state index in [2.05, 4.69) is 10.5 Å². The predicted octanol–water partition coefficient (Wildman–Crippen LogP) is 1.93. The zero-order valence-electron chi connectivity index (χ0n) is 11.6. The van der Waals surface area contributed by atoms with Gasteiger partial charge < -0.3 is 19.3 Å². The van der Waals surface area contributed by atoms with E-state index in [0.29, 0.717) is 35.1 Å². The Bertz CT molecular complexity index is 607. The molecule has 0 unspecified atom stereocenters. The van der Waals surface area contributed by atoms with Crippen LogP contribution < -0.4 is 14.8 Å². The number of hydrogen-bond donors (Lipinski definition) is 1. The third-order valence-corrected chi connectivity index (χ3v) is 2.75. The molecule has 20 heavy (non-hydrogen) atoms. The third kappa shape index (κ3) is 3.09. The fourth-order valence-electron chi connectivity index (χ4n) is 1.75. The highest BCUT2D eigenvalue weighted by Gasteiger charge is 2.11. The highest BCUT2D eigenvalue weighted by atomic mass is 16.5. The Morgan fingerprint density at radius 1 is 1.25 bits per heavy atom. The Morgan fingerprint density at radius 3 is 2.60 bits per heavy atom. The van der Waals surface area contributed by atoms with Gasteiger partial charge in [-0.3, -0.25) is 4.79 Å². The number of methoxy groups -OCH3 is 2. The molecule has 2 aromatic rings. The van der Waals surface area contributed by atoms with Gasteiger partial charge in [0, 0.05) is 11.6 Å². The van der Waals surface area contributed by atoms with Gasteiger partial charge in [0.15, 0.2) is 11.5 Å². The summed E-state index contributed by atoms with van der Waals surface area (Å²) in [4.78, 5) is 12.0. The van der Waals surface area contributed by atoms with Crippen LogP contribution >= 0.6 is 0 Å². The average molecular weight is 276 g/mol. The first-order chi connectivity index (χ1) is 9.63. The lowest BCUT2D eigenvalue weighted by atomic mass is 10.2. The molecular formula is C14H16N2O4. The highest BCUT2D eigenvalue weighted by molar-refractivity contribution is 5.94. The predicted molar refractivity (Wildman–Crippen MR) is 72.0 cm³/mol. The van der Waals surface area contributed by atoms with Gasteiger partial charge in [-0.1, -0.05) is 5.16 Å². The van der Waals surface area contributed by atoms with Crippen molar-refractivity contribution in [3.05, 3.63) is 41.3 Å². The van der Waals surface area contributed by atoms with E-state index >= 15 is 0 Å². The molecule has 1 heterocycles. The fourth-order valence-corrected chi connectivity index (χ4v) is 1.75. The van der Waals surface area contributed by atoms with Crippen molar-refractivity contribution in [2.24, 2.45) is 0 Å². The zero-order chi connectivity index (χ0) is 14.5. The molecule has 106 valence electrons. The SMILES string of the molecule is COc1ccc(C(=O)NCc2cc(C)on2)cc1OC. The summed E-state index contributed by atoms with van der Waals surface area (Å²) in [5.74, 6) is 1.58. The fraction of sp³-hybridized carbons (Fsp3) is 0.286. The molecular weight excluding hydrogens is 260 g/mol. The maximum atomic E-state index is 12.0. The monoisotopic (exact) mass is 276 g/mol. The molecule has 0 aliphatic carbocycles. The first kappa shape index (κ1) is 13.9. The Balaban J connectivity index is 2.05. The van der Waals surface area contributed by atoms with Crippen molar-refractivity contribution >= 4 is 5.91 Å². The van der Waals surface area contributed by atoms with Crippen LogP contribution in [0, 0.1) is 6.92 Å². The summed E-state index contributed by atoms with van der Waals surface area (Å²) in [6.45, 7) is 2.11. The Hall–Kier alpha value is -2.50. The molecule has 0 radical (unpaired) electrons. The molecule has 0 fully saturated rings. The van der Waals surface area contributed by atoms with Gasteiger partial charge in [-0.2, -0.15) is 0 Å². The first-order valence-electron chi connectivity index (χ1n) is 6.06. The van der Waals surface area contributed by atoms with Crippen molar-refractivity contribution < 1.29 is 18.8 Å². The van der Waals surface area contributed by atoms with Gasteiger partial charge in [-0.05, 0) is 25.1 Å². The quantitative estimate of drug-likeness (QED) is 0.903. The largest absolute Gasteiger partial charge is 0.493 e. The van der Waals surface area contributed by atoms with Crippen LogP contribution in [0.4, 0.5) is 0 Å². The molecule has 1 N–H and O–H groups in total. The number of nitrogens with zero attached hydrogens (tertiary/aromatic N) is 1. The minimum atomic E-state index is -0.216. The smallest absolute Gasteiger partial charge is 0.251 e. The zero-order valence-corrected chi connectivity index (χ0v) is 11.6. The molecule has 1 aromatic carbocycles. The van der Waals surface area contributed by atoms with Gasteiger partial charge in [-0.15, -0.1) is 0 Å². The molecule has 0 saturated heterocycles. The molecule has 2 rings (SSSR count). The lowest BCUT2D eigenvalue weighted by Gasteiger charge is -2.09. The van der Waals surface area contributed by atoms with E-state index in [9.17, 15) is 4.79 Å². The van der Waals surface area contributed by atoms with Crippen molar-refractivity contribution in [1.82, 2.24) is 10.5 Å². The Kier molecular flexibility index (Phi) is 4.24. The van der Waals surface area contributed by atoms with Crippen molar-refractivity contribution in [2.75, 3.05) is 14.2 Å². The van der Waals surface area contributed by atoms with E-state index in [0.717, 1.165) is 0 Å². The summed E-state index contributed by atoms with van der Waals surface area (Å²) >= 11 is 0. The van der Waals surface area contributed by atoms with Crippen molar-refractivity contribution in [1.29, 1.82) is 0 Å². The molecule has 0 atom stereocenters. The molecule has 6 heteroatoms. The van der Waals surface area contributed by atoms with E-state index in [1.807, 2.05) is 0 Å². The van der Waals surface area contributed by atoms with Gasteiger partial charge >= 0.3 is 0 Å². The summed E-state index contributed by atoms with van der Waals surface area (Å²) < 4.78 is 15.2. The number of rotatable bonds is 5. The first-order valence-corrected chi connectivity index (χ1v) is 6.06. The molecule has 0 bridgehead atoms. The normalized spacial score (nSPS) is 10.2. The van der Waals surface area contributed by atoms with E-state index in [1.165, 1.54) is 7.11 Å². The molecule has 0 spiro atoms. The van der Waals surface area contributed by atoms with Gasteiger partial charge in [0.05, 0.1) is 20.8 Å². The summed E-state index contributed by atoms with van der Waals surface area (Å²) in [5.41, 5.74) is 1.17. The molecule has 1 aromatic heterocycles. The number of carbonyl (C=O) groups excluding carboxylic acids is 1. The summed E-state index contributed by atoms with van der Waals surface area (Å²) in [6.07, 6.45) is 0. The Morgan fingerprint density at radius 2 is 2.00 bits per heavy atom. The van der Waals surface area contributed by atoms with E-state index in [4.69, 9.17) is 14.0 Å². The highest BCUT2D eigenvalue weighted by Crippen LogP contribution is 2.27. The number of hydrogen-bond acceptors (Lipinski definition) is 5. The lowest BCUT2D eigenvalue weighted by molar-refractivity contribution is 0.0949. The van der Waals surface area contributed by atoms with Crippen LogP contribution in [-0.2, 0) is 6.54 Å². The number of nitrogens with one attached hydrogen (secondary N) is 1. The summed E-state index contributed by atoms with van der Waals surface area (Å²) in [7, 11) is 3.07. The molecule has 0 aliphatic rings. The summed E-state index contributed by atoms with van der Waals surface area (Å²) in [6, 6.07) is 6.76. The second-order valence-corrected chi connectivity index (χ2v) is 4.18.